The quantitative estimate of drug-likeness (QED) is 0.720. The first kappa shape index (κ1) is 12.7. The van der Waals surface area contributed by atoms with E-state index in [2.05, 4.69) is 20.6 Å². The first-order valence-electron chi connectivity index (χ1n) is 5.67. The van der Waals surface area contributed by atoms with E-state index < -0.39 is 0 Å². The summed E-state index contributed by atoms with van der Waals surface area (Å²) in [6.07, 6.45) is 3.37. The van der Waals surface area contributed by atoms with Crippen LogP contribution in [0.1, 0.15) is 5.56 Å². The minimum atomic E-state index is 0.546. The third kappa shape index (κ3) is 2.72. The molecule has 2 aromatic rings. The van der Waals surface area contributed by atoms with Crippen LogP contribution in [0.25, 0.3) is 11.0 Å². The summed E-state index contributed by atoms with van der Waals surface area (Å²) < 4.78 is 0. The Morgan fingerprint density at radius 3 is 2.89 bits per heavy atom. The molecule has 1 aromatic heterocycles. The number of anilines is 1. The Balaban J connectivity index is 2.24. The van der Waals surface area contributed by atoms with Crippen LogP contribution in [0, 0.1) is 6.92 Å². The monoisotopic (exact) mass is 261 g/mol. The van der Waals surface area contributed by atoms with Gasteiger partial charge in [-0.05, 0) is 31.3 Å². The standard InChI is InChI=1S/C12H15N5S/c1-8-9(17-12(18)16-5-4-13)2-3-10-11(8)15-7-6-14-10/h2-3,6-7H,4-5,13H2,1H3,(H2,16,17,18). The van der Waals surface area contributed by atoms with E-state index in [4.69, 9.17) is 18.0 Å². The number of rotatable bonds is 3. The number of nitrogens with two attached hydrogens (primary N) is 1. The van der Waals surface area contributed by atoms with E-state index in [9.17, 15) is 0 Å². The molecule has 18 heavy (non-hydrogen) atoms. The van der Waals surface area contributed by atoms with E-state index >= 15 is 0 Å². The molecule has 0 bridgehead atoms. The summed E-state index contributed by atoms with van der Waals surface area (Å²) in [6.45, 7) is 3.19. The van der Waals surface area contributed by atoms with Gasteiger partial charge in [-0.3, -0.25) is 9.97 Å². The molecule has 0 aliphatic carbocycles. The molecule has 0 amide bonds. The Hall–Kier alpha value is -1.79. The molecule has 0 unspecified atom stereocenters. The Kier molecular flexibility index (Phi) is 4.01. The molecule has 6 heteroatoms. The highest BCUT2D eigenvalue weighted by atomic mass is 32.1. The highest BCUT2D eigenvalue weighted by molar-refractivity contribution is 7.80. The van der Waals surface area contributed by atoms with E-state index in [1.807, 2.05) is 19.1 Å². The zero-order chi connectivity index (χ0) is 13.0. The number of hydrogen-bond acceptors (Lipinski definition) is 4. The average molecular weight is 261 g/mol. The van der Waals surface area contributed by atoms with Gasteiger partial charge in [0.15, 0.2) is 5.11 Å². The van der Waals surface area contributed by atoms with E-state index in [1.165, 1.54) is 0 Å². The lowest BCUT2D eigenvalue weighted by Crippen LogP contribution is -2.32. The molecule has 2 rings (SSSR count). The van der Waals surface area contributed by atoms with Crippen molar-refractivity contribution in [3.8, 4) is 0 Å². The fraction of sp³-hybridized carbons (Fsp3) is 0.250. The van der Waals surface area contributed by atoms with Gasteiger partial charge in [-0.1, -0.05) is 0 Å². The Morgan fingerprint density at radius 1 is 1.33 bits per heavy atom. The van der Waals surface area contributed by atoms with Crippen molar-refractivity contribution >= 4 is 34.1 Å². The predicted octanol–water partition coefficient (Wildman–Crippen LogP) is 1.18. The summed E-state index contributed by atoms with van der Waals surface area (Å²) >= 11 is 5.17. The molecule has 94 valence electrons. The summed E-state index contributed by atoms with van der Waals surface area (Å²) in [4.78, 5) is 8.58. The lowest BCUT2D eigenvalue weighted by Gasteiger charge is -2.12. The van der Waals surface area contributed by atoms with Crippen molar-refractivity contribution in [1.29, 1.82) is 0 Å². The summed E-state index contributed by atoms with van der Waals surface area (Å²) in [7, 11) is 0. The molecule has 1 heterocycles. The van der Waals surface area contributed by atoms with E-state index in [0.29, 0.717) is 18.2 Å². The van der Waals surface area contributed by atoms with Crippen molar-refractivity contribution < 1.29 is 0 Å². The van der Waals surface area contributed by atoms with Crippen LogP contribution in [-0.4, -0.2) is 28.2 Å². The summed E-state index contributed by atoms with van der Waals surface area (Å²) in [5.74, 6) is 0. The van der Waals surface area contributed by atoms with Crippen LogP contribution >= 0.6 is 12.2 Å². The summed E-state index contributed by atoms with van der Waals surface area (Å²) in [6, 6.07) is 3.87. The number of aromatic nitrogens is 2. The number of fused-ring (bicyclic) bond motifs is 1. The molecule has 0 atom stereocenters. The van der Waals surface area contributed by atoms with Gasteiger partial charge in [-0.15, -0.1) is 0 Å². The summed E-state index contributed by atoms with van der Waals surface area (Å²) in [5.41, 5.74) is 9.12. The Bertz CT molecular complexity index is 569. The number of nitrogens with one attached hydrogen (secondary N) is 2. The zero-order valence-corrected chi connectivity index (χ0v) is 10.9. The van der Waals surface area contributed by atoms with Gasteiger partial charge in [-0.2, -0.15) is 0 Å². The molecule has 0 radical (unpaired) electrons. The third-order valence-electron chi connectivity index (χ3n) is 2.57. The van der Waals surface area contributed by atoms with Crippen molar-refractivity contribution in [3.63, 3.8) is 0 Å². The lowest BCUT2D eigenvalue weighted by atomic mass is 10.1. The normalized spacial score (nSPS) is 10.3. The van der Waals surface area contributed by atoms with Gasteiger partial charge in [0.05, 0.1) is 11.0 Å². The number of benzene rings is 1. The maximum absolute atomic E-state index is 5.41. The number of aryl methyl sites for hydroxylation is 1. The first-order chi connectivity index (χ1) is 8.72. The maximum Gasteiger partial charge on any atom is 0.170 e. The van der Waals surface area contributed by atoms with Crippen LogP contribution in [0.4, 0.5) is 5.69 Å². The van der Waals surface area contributed by atoms with Gasteiger partial charge in [0.25, 0.3) is 0 Å². The first-order valence-corrected chi connectivity index (χ1v) is 6.08. The Morgan fingerprint density at radius 2 is 2.11 bits per heavy atom. The minimum absolute atomic E-state index is 0.546. The van der Waals surface area contributed by atoms with Gasteiger partial charge < -0.3 is 16.4 Å². The van der Waals surface area contributed by atoms with E-state index in [0.717, 1.165) is 22.3 Å². The fourth-order valence-corrected chi connectivity index (χ4v) is 1.87. The molecular formula is C12H15N5S. The van der Waals surface area contributed by atoms with Gasteiger partial charge in [0.1, 0.15) is 0 Å². The van der Waals surface area contributed by atoms with Crippen LogP contribution in [0.3, 0.4) is 0 Å². The van der Waals surface area contributed by atoms with Gasteiger partial charge in [0, 0.05) is 36.7 Å². The largest absolute Gasteiger partial charge is 0.361 e. The smallest absolute Gasteiger partial charge is 0.170 e. The molecule has 0 fully saturated rings. The molecular weight excluding hydrogens is 246 g/mol. The second-order valence-electron chi connectivity index (χ2n) is 3.83. The molecule has 0 spiro atoms. The maximum atomic E-state index is 5.41. The number of thiocarbonyl (C=S) groups is 1. The van der Waals surface area contributed by atoms with Crippen molar-refractivity contribution in [3.05, 3.63) is 30.1 Å². The van der Waals surface area contributed by atoms with E-state index in [1.54, 1.807) is 12.4 Å². The van der Waals surface area contributed by atoms with Gasteiger partial charge in [0.2, 0.25) is 0 Å². The average Bonchev–Trinajstić information content (AvgIpc) is 2.40. The summed E-state index contributed by atoms with van der Waals surface area (Å²) in [5, 5.41) is 6.71. The van der Waals surface area contributed by atoms with Gasteiger partial charge >= 0.3 is 0 Å². The van der Waals surface area contributed by atoms with Crippen molar-refractivity contribution in [2.45, 2.75) is 6.92 Å². The lowest BCUT2D eigenvalue weighted by molar-refractivity contribution is 0.883. The molecule has 0 saturated heterocycles. The Labute approximate surface area is 111 Å². The topological polar surface area (TPSA) is 75.9 Å². The highest BCUT2D eigenvalue weighted by Crippen LogP contribution is 2.21. The molecule has 4 N–H and O–H groups in total. The highest BCUT2D eigenvalue weighted by Gasteiger charge is 2.06. The number of hydrogen-bond donors (Lipinski definition) is 3. The fourth-order valence-electron chi connectivity index (χ4n) is 1.66. The van der Waals surface area contributed by atoms with Crippen molar-refractivity contribution in [2.75, 3.05) is 18.4 Å². The van der Waals surface area contributed by atoms with Crippen LogP contribution in [-0.2, 0) is 0 Å². The molecule has 0 aliphatic rings. The van der Waals surface area contributed by atoms with Crippen LogP contribution in [0.2, 0.25) is 0 Å². The molecule has 5 nitrogen and oxygen atoms in total. The zero-order valence-electron chi connectivity index (χ0n) is 10.1. The van der Waals surface area contributed by atoms with Crippen LogP contribution < -0.4 is 16.4 Å². The number of nitrogens with zero attached hydrogens (tertiary/aromatic N) is 2. The second-order valence-corrected chi connectivity index (χ2v) is 4.24. The minimum Gasteiger partial charge on any atom is -0.361 e. The molecule has 0 saturated carbocycles. The predicted molar refractivity (Wildman–Crippen MR) is 77.6 cm³/mol. The van der Waals surface area contributed by atoms with Crippen LogP contribution in [0.5, 0.6) is 0 Å². The van der Waals surface area contributed by atoms with Crippen molar-refractivity contribution in [2.24, 2.45) is 5.73 Å². The SMILES string of the molecule is Cc1c(NC(=S)NCCN)ccc2nccnc12. The molecule has 1 aromatic carbocycles. The van der Waals surface area contributed by atoms with Crippen LogP contribution in [0.15, 0.2) is 24.5 Å². The third-order valence-corrected chi connectivity index (χ3v) is 2.82. The van der Waals surface area contributed by atoms with Gasteiger partial charge in [-0.25, -0.2) is 0 Å². The molecule has 0 aliphatic heterocycles. The second kappa shape index (κ2) is 5.70. The van der Waals surface area contributed by atoms with Crippen molar-refractivity contribution in [1.82, 2.24) is 15.3 Å². The van der Waals surface area contributed by atoms with E-state index in [-0.39, 0.29) is 0 Å².